The van der Waals surface area contributed by atoms with E-state index >= 15 is 0 Å². The Balaban J connectivity index is 1.55. The molecule has 0 N–H and O–H groups in total. The maximum atomic E-state index is 9.67. The molecule has 0 aromatic carbocycles. The molecule has 2 rings (SSSR count). The Morgan fingerprint density at radius 3 is 1.74 bits per heavy atom. The lowest BCUT2D eigenvalue weighted by molar-refractivity contribution is 0.171. The Kier molecular flexibility index (Phi) is 10.8. The molecule has 0 amide bonds. The fourth-order valence-electron chi connectivity index (χ4n) is 5.77. The van der Waals surface area contributed by atoms with E-state index in [9.17, 15) is 5.26 Å². The van der Waals surface area contributed by atoms with Crippen LogP contribution >= 0.6 is 0 Å². The van der Waals surface area contributed by atoms with Crippen molar-refractivity contribution in [3.8, 4) is 6.07 Å². The SMILES string of the molecule is CCCCCCC[C@H]1CC[C@H](CC[C@H]2CC[C@@](C#N)(CCCC)CC2)CC1. The summed E-state index contributed by atoms with van der Waals surface area (Å²) in [5, 5.41) is 9.67. The molecule has 0 saturated heterocycles. The molecule has 0 aromatic heterocycles. The zero-order chi connectivity index (χ0) is 19.4. The van der Waals surface area contributed by atoms with E-state index in [1.54, 1.807) is 0 Å². The minimum Gasteiger partial charge on any atom is -0.198 e. The zero-order valence-corrected chi connectivity index (χ0v) is 18.6. The lowest BCUT2D eigenvalue weighted by Crippen LogP contribution is -2.26. The Hall–Kier alpha value is -0.510. The fourth-order valence-corrected chi connectivity index (χ4v) is 5.77. The summed E-state index contributed by atoms with van der Waals surface area (Å²) >= 11 is 0. The van der Waals surface area contributed by atoms with Crippen molar-refractivity contribution >= 4 is 0 Å². The van der Waals surface area contributed by atoms with Crippen molar-refractivity contribution in [1.82, 2.24) is 0 Å². The quantitative estimate of drug-likeness (QED) is 0.313. The molecule has 0 aromatic rings. The summed E-state index contributed by atoms with van der Waals surface area (Å²) in [7, 11) is 0. The normalized spacial score (nSPS) is 31.5. The van der Waals surface area contributed by atoms with Gasteiger partial charge in [0.1, 0.15) is 0 Å². The maximum absolute atomic E-state index is 9.67. The van der Waals surface area contributed by atoms with Gasteiger partial charge in [-0.15, -0.1) is 0 Å². The van der Waals surface area contributed by atoms with Crippen LogP contribution in [0.25, 0.3) is 0 Å². The van der Waals surface area contributed by atoms with E-state index in [4.69, 9.17) is 0 Å². The summed E-state index contributed by atoms with van der Waals surface area (Å²) in [5.41, 5.74) is 0.0434. The van der Waals surface area contributed by atoms with E-state index in [-0.39, 0.29) is 5.41 Å². The Labute approximate surface area is 170 Å². The number of unbranched alkanes of at least 4 members (excludes halogenated alkanes) is 5. The number of rotatable bonds is 12. The molecule has 0 spiro atoms. The van der Waals surface area contributed by atoms with E-state index in [0.717, 1.165) is 24.2 Å². The molecule has 1 nitrogen and oxygen atoms in total. The van der Waals surface area contributed by atoms with E-state index in [1.807, 2.05) is 0 Å². The summed E-state index contributed by atoms with van der Waals surface area (Å²) < 4.78 is 0. The minimum atomic E-state index is 0.0434. The predicted molar refractivity (Wildman–Crippen MR) is 118 cm³/mol. The molecule has 0 aliphatic heterocycles. The molecular weight excluding hydrogens is 326 g/mol. The highest BCUT2D eigenvalue weighted by atomic mass is 14.4. The van der Waals surface area contributed by atoms with Gasteiger partial charge in [-0.25, -0.2) is 0 Å². The van der Waals surface area contributed by atoms with Crippen molar-refractivity contribution in [3.05, 3.63) is 0 Å². The Bertz CT molecular complexity index is 404. The van der Waals surface area contributed by atoms with Crippen molar-refractivity contribution < 1.29 is 0 Å². The third-order valence-corrected chi connectivity index (χ3v) is 7.97. The van der Waals surface area contributed by atoms with Gasteiger partial charge < -0.3 is 0 Å². The summed E-state index contributed by atoms with van der Waals surface area (Å²) in [6, 6.07) is 2.71. The molecule has 27 heavy (non-hydrogen) atoms. The minimum absolute atomic E-state index is 0.0434. The van der Waals surface area contributed by atoms with Gasteiger partial charge in [0.25, 0.3) is 0 Å². The summed E-state index contributed by atoms with van der Waals surface area (Å²) in [6.45, 7) is 4.55. The molecule has 2 aliphatic carbocycles. The van der Waals surface area contributed by atoms with E-state index in [1.165, 1.54) is 116 Å². The van der Waals surface area contributed by atoms with Crippen molar-refractivity contribution in [3.63, 3.8) is 0 Å². The zero-order valence-electron chi connectivity index (χ0n) is 18.6. The van der Waals surface area contributed by atoms with Crippen molar-refractivity contribution in [2.75, 3.05) is 0 Å². The lowest BCUT2D eigenvalue weighted by Gasteiger charge is -2.36. The van der Waals surface area contributed by atoms with Crippen molar-refractivity contribution in [1.29, 1.82) is 5.26 Å². The van der Waals surface area contributed by atoms with Gasteiger partial charge in [-0.2, -0.15) is 5.26 Å². The third kappa shape index (κ3) is 8.17. The molecule has 2 aliphatic rings. The van der Waals surface area contributed by atoms with Gasteiger partial charge in [-0.1, -0.05) is 104 Å². The van der Waals surface area contributed by atoms with Gasteiger partial charge in [0.15, 0.2) is 0 Å². The van der Waals surface area contributed by atoms with Crippen LogP contribution in [0.2, 0.25) is 0 Å². The van der Waals surface area contributed by atoms with Gasteiger partial charge in [0.05, 0.1) is 11.5 Å². The predicted octanol–water partition coefficient (Wildman–Crippen LogP) is 8.82. The fraction of sp³-hybridized carbons (Fsp3) is 0.962. The van der Waals surface area contributed by atoms with Crippen LogP contribution in [0.5, 0.6) is 0 Å². The molecule has 156 valence electrons. The average molecular weight is 374 g/mol. The number of hydrogen-bond acceptors (Lipinski definition) is 1. The molecule has 0 unspecified atom stereocenters. The summed E-state index contributed by atoms with van der Waals surface area (Å²) in [5.74, 6) is 2.99. The lowest BCUT2D eigenvalue weighted by atomic mass is 9.67. The second kappa shape index (κ2) is 12.9. The average Bonchev–Trinajstić information content (AvgIpc) is 2.72. The second-order valence-corrected chi connectivity index (χ2v) is 10.1. The largest absolute Gasteiger partial charge is 0.198 e. The van der Waals surface area contributed by atoms with Crippen LogP contribution in [0.4, 0.5) is 0 Å². The first-order chi connectivity index (χ1) is 13.2. The maximum Gasteiger partial charge on any atom is 0.0689 e. The third-order valence-electron chi connectivity index (χ3n) is 7.97. The van der Waals surface area contributed by atoms with Crippen LogP contribution in [-0.2, 0) is 0 Å². The van der Waals surface area contributed by atoms with Gasteiger partial charge in [0.2, 0.25) is 0 Å². The molecule has 1 heteroatoms. The monoisotopic (exact) mass is 373 g/mol. The Morgan fingerprint density at radius 1 is 0.667 bits per heavy atom. The highest BCUT2D eigenvalue weighted by Gasteiger charge is 2.35. The molecule has 0 radical (unpaired) electrons. The van der Waals surface area contributed by atoms with E-state index < -0.39 is 0 Å². The van der Waals surface area contributed by atoms with Crippen LogP contribution in [0.1, 0.15) is 136 Å². The molecular formula is C26H47N. The first-order valence-electron chi connectivity index (χ1n) is 12.6. The number of nitriles is 1. The molecule has 2 saturated carbocycles. The second-order valence-electron chi connectivity index (χ2n) is 10.1. The number of nitrogens with zero attached hydrogens (tertiary/aromatic N) is 1. The standard InChI is InChI=1S/C26H47N/c1-3-5-7-8-9-10-23-11-13-24(14-12-23)15-16-25-17-20-26(22-27,21-18-25)19-6-4-2/h23-25H,3-21H2,1-2H3/t23-,24-,25-,26-. The van der Waals surface area contributed by atoms with Crippen LogP contribution in [-0.4, -0.2) is 0 Å². The van der Waals surface area contributed by atoms with Crippen molar-refractivity contribution in [2.45, 2.75) is 136 Å². The van der Waals surface area contributed by atoms with Gasteiger partial charge in [0, 0.05) is 0 Å². The highest BCUT2D eigenvalue weighted by molar-refractivity contribution is 5.01. The summed E-state index contributed by atoms with van der Waals surface area (Å²) in [4.78, 5) is 0. The molecule has 0 bridgehead atoms. The van der Waals surface area contributed by atoms with Gasteiger partial charge in [-0.05, 0) is 49.9 Å². The van der Waals surface area contributed by atoms with Crippen LogP contribution < -0.4 is 0 Å². The first kappa shape index (κ1) is 22.8. The highest BCUT2D eigenvalue weighted by Crippen LogP contribution is 2.44. The van der Waals surface area contributed by atoms with Crippen LogP contribution in [0, 0.1) is 34.5 Å². The first-order valence-corrected chi connectivity index (χ1v) is 12.6. The van der Waals surface area contributed by atoms with Crippen molar-refractivity contribution in [2.24, 2.45) is 23.2 Å². The van der Waals surface area contributed by atoms with Crippen LogP contribution in [0.3, 0.4) is 0 Å². The van der Waals surface area contributed by atoms with Gasteiger partial charge >= 0.3 is 0 Å². The summed E-state index contributed by atoms with van der Waals surface area (Å²) in [6.07, 6.45) is 26.3. The molecule has 2 fully saturated rings. The topological polar surface area (TPSA) is 23.8 Å². The van der Waals surface area contributed by atoms with Crippen LogP contribution in [0.15, 0.2) is 0 Å². The van der Waals surface area contributed by atoms with E-state index in [2.05, 4.69) is 19.9 Å². The number of hydrogen-bond donors (Lipinski definition) is 0. The molecule has 0 heterocycles. The molecule has 0 atom stereocenters. The Morgan fingerprint density at radius 2 is 1.19 bits per heavy atom. The van der Waals surface area contributed by atoms with E-state index in [0.29, 0.717) is 0 Å². The van der Waals surface area contributed by atoms with Gasteiger partial charge in [-0.3, -0.25) is 0 Å². The smallest absolute Gasteiger partial charge is 0.0689 e.